The molecule has 4 rings (SSSR count). The summed E-state index contributed by atoms with van der Waals surface area (Å²) in [5.74, 6) is 0.216. The number of carbonyl (C=O) groups is 3. The highest BCUT2D eigenvalue weighted by atomic mass is 16.5. The molecule has 1 N–H and O–H groups in total. The van der Waals surface area contributed by atoms with Crippen LogP contribution in [0.15, 0.2) is 60.7 Å². The van der Waals surface area contributed by atoms with E-state index in [4.69, 9.17) is 4.74 Å². The molecule has 1 aliphatic heterocycles. The maximum absolute atomic E-state index is 13.7. The average molecular weight is 474 g/mol. The topological polar surface area (TPSA) is 79.0 Å². The Labute approximate surface area is 205 Å². The molecular formula is C28H31N3O4. The van der Waals surface area contributed by atoms with Crippen LogP contribution in [0.1, 0.15) is 36.7 Å². The van der Waals surface area contributed by atoms with Crippen molar-refractivity contribution in [3.8, 4) is 5.75 Å². The average Bonchev–Trinajstić information content (AvgIpc) is 3.13. The van der Waals surface area contributed by atoms with Gasteiger partial charge in [0.2, 0.25) is 11.8 Å². The summed E-state index contributed by atoms with van der Waals surface area (Å²) in [5, 5.41) is 4.73. The van der Waals surface area contributed by atoms with Crippen molar-refractivity contribution in [2.45, 2.75) is 33.4 Å². The van der Waals surface area contributed by atoms with E-state index >= 15 is 0 Å². The van der Waals surface area contributed by atoms with Gasteiger partial charge in [0.1, 0.15) is 18.3 Å². The van der Waals surface area contributed by atoms with Gasteiger partial charge in [-0.1, -0.05) is 50.2 Å². The van der Waals surface area contributed by atoms with Crippen molar-refractivity contribution >= 4 is 34.2 Å². The highest BCUT2D eigenvalue weighted by Crippen LogP contribution is 2.37. The maximum atomic E-state index is 13.7. The third kappa shape index (κ3) is 4.99. The van der Waals surface area contributed by atoms with Gasteiger partial charge < -0.3 is 15.0 Å². The van der Waals surface area contributed by atoms with Crippen LogP contribution in [0.25, 0.3) is 10.8 Å². The van der Waals surface area contributed by atoms with Crippen molar-refractivity contribution in [1.82, 2.24) is 10.2 Å². The third-order valence-corrected chi connectivity index (χ3v) is 6.28. The fraction of sp³-hybridized carbons (Fsp3) is 0.321. The van der Waals surface area contributed by atoms with Crippen LogP contribution in [0.5, 0.6) is 5.75 Å². The number of methoxy groups -OCH3 is 1. The van der Waals surface area contributed by atoms with Gasteiger partial charge in [0, 0.05) is 24.0 Å². The van der Waals surface area contributed by atoms with Crippen LogP contribution in [0.2, 0.25) is 0 Å². The normalized spacial score (nSPS) is 13.3. The van der Waals surface area contributed by atoms with E-state index in [1.54, 1.807) is 20.1 Å². The van der Waals surface area contributed by atoms with E-state index in [9.17, 15) is 14.4 Å². The first kappa shape index (κ1) is 24.3. The van der Waals surface area contributed by atoms with Crippen LogP contribution in [0.4, 0.5) is 5.69 Å². The third-order valence-electron chi connectivity index (χ3n) is 6.28. The minimum atomic E-state index is -0.719. The first-order valence-electron chi connectivity index (χ1n) is 11.8. The Kier molecular flexibility index (Phi) is 7.05. The smallest absolute Gasteiger partial charge is 0.259 e. The van der Waals surface area contributed by atoms with Gasteiger partial charge in [-0.15, -0.1) is 0 Å². The molecule has 0 aromatic heterocycles. The standard InChI is InChI=1S/C28H31N3O4/c1-18(2)15-29-27(33)19(3)30(16-20-8-5-11-22(14-20)35-4)25(32)17-31-24-13-7-10-21-9-6-12-23(26(21)24)28(31)34/h5-14,18-19H,15-17H2,1-4H3,(H,29,33)/t19-/m0/s1. The number of hydrogen-bond donors (Lipinski definition) is 1. The molecule has 182 valence electrons. The molecule has 0 aliphatic carbocycles. The number of carbonyl (C=O) groups excluding carboxylic acids is 3. The molecule has 7 nitrogen and oxygen atoms in total. The second-order valence-electron chi connectivity index (χ2n) is 9.26. The molecule has 1 aliphatic rings. The number of nitrogens with zero attached hydrogens (tertiary/aromatic N) is 2. The number of benzene rings is 3. The number of hydrogen-bond acceptors (Lipinski definition) is 4. The molecule has 0 unspecified atom stereocenters. The quantitative estimate of drug-likeness (QED) is 0.510. The number of anilines is 1. The maximum Gasteiger partial charge on any atom is 0.259 e. The van der Waals surface area contributed by atoms with Gasteiger partial charge in [-0.25, -0.2) is 0 Å². The van der Waals surface area contributed by atoms with E-state index < -0.39 is 6.04 Å². The lowest BCUT2D eigenvalue weighted by Gasteiger charge is -2.31. The summed E-state index contributed by atoms with van der Waals surface area (Å²) >= 11 is 0. The molecule has 3 aromatic carbocycles. The van der Waals surface area contributed by atoms with Gasteiger partial charge in [-0.2, -0.15) is 0 Å². The Morgan fingerprint density at radius 1 is 1.03 bits per heavy atom. The Bertz CT molecular complexity index is 1260. The molecule has 0 saturated carbocycles. The molecule has 35 heavy (non-hydrogen) atoms. The van der Waals surface area contributed by atoms with Crippen LogP contribution in [-0.2, 0) is 16.1 Å². The van der Waals surface area contributed by atoms with Crippen LogP contribution in [0, 0.1) is 5.92 Å². The molecule has 0 bridgehead atoms. The van der Waals surface area contributed by atoms with E-state index in [2.05, 4.69) is 5.32 Å². The van der Waals surface area contributed by atoms with E-state index in [1.165, 1.54) is 9.80 Å². The summed E-state index contributed by atoms with van der Waals surface area (Å²) in [7, 11) is 1.58. The summed E-state index contributed by atoms with van der Waals surface area (Å²) in [6.07, 6.45) is 0. The Balaban J connectivity index is 1.61. The summed E-state index contributed by atoms with van der Waals surface area (Å²) in [5.41, 5.74) is 2.14. The monoisotopic (exact) mass is 473 g/mol. The lowest BCUT2D eigenvalue weighted by atomic mass is 10.1. The molecule has 0 radical (unpaired) electrons. The summed E-state index contributed by atoms with van der Waals surface area (Å²) in [6.45, 7) is 6.33. The minimum Gasteiger partial charge on any atom is -0.497 e. The lowest BCUT2D eigenvalue weighted by molar-refractivity contribution is -0.139. The zero-order valence-corrected chi connectivity index (χ0v) is 20.6. The highest BCUT2D eigenvalue weighted by Gasteiger charge is 2.34. The number of amides is 3. The van der Waals surface area contributed by atoms with E-state index in [-0.39, 0.29) is 36.7 Å². The number of nitrogens with one attached hydrogen (secondary N) is 1. The first-order valence-corrected chi connectivity index (χ1v) is 11.8. The Hall–Kier alpha value is -3.87. The highest BCUT2D eigenvalue weighted by molar-refractivity contribution is 6.26. The zero-order chi connectivity index (χ0) is 25.1. The van der Waals surface area contributed by atoms with Gasteiger partial charge >= 0.3 is 0 Å². The van der Waals surface area contributed by atoms with Crippen molar-refractivity contribution in [3.63, 3.8) is 0 Å². The van der Waals surface area contributed by atoms with Crippen molar-refractivity contribution in [2.75, 3.05) is 25.1 Å². The van der Waals surface area contributed by atoms with Gasteiger partial charge in [0.15, 0.2) is 0 Å². The van der Waals surface area contributed by atoms with Crippen LogP contribution < -0.4 is 15.0 Å². The number of rotatable bonds is 9. The molecule has 0 spiro atoms. The van der Waals surface area contributed by atoms with Crippen molar-refractivity contribution in [1.29, 1.82) is 0 Å². The predicted molar refractivity (Wildman–Crippen MR) is 136 cm³/mol. The van der Waals surface area contributed by atoms with Crippen molar-refractivity contribution < 1.29 is 19.1 Å². The van der Waals surface area contributed by atoms with Crippen LogP contribution >= 0.6 is 0 Å². The second kappa shape index (κ2) is 10.2. The molecule has 0 saturated heterocycles. The van der Waals surface area contributed by atoms with Gasteiger partial charge in [-0.05, 0) is 48.1 Å². The van der Waals surface area contributed by atoms with E-state index in [0.29, 0.717) is 17.9 Å². The van der Waals surface area contributed by atoms with Gasteiger partial charge in [0.05, 0.1) is 12.8 Å². The molecule has 1 atom stereocenters. The largest absolute Gasteiger partial charge is 0.497 e. The fourth-order valence-corrected chi connectivity index (χ4v) is 4.36. The number of ether oxygens (including phenoxy) is 1. The second-order valence-corrected chi connectivity index (χ2v) is 9.26. The Morgan fingerprint density at radius 3 is 2.46 bits per heavy atom. The molecule has 3 aromatic rings. The summed E-state index contributed by atoms with van der Waals surface area (Å²) in [4.78, 5) is 42.9. The van der Waals surface area contributed by atoms with Crippen LogP contribution in [-0.4, -0.2) is 48.9 Å². The fourth-order valence-electron chi connectivity index (χ4n) is 4.36. The SMILES string of the molecule is COc1cccc(CN(C(=O)CN2C(=O)c3cccc4cccc2c34)[C@@H](C)C(=O)NCC(C)C)c1. The zero-order valence-electron chi connectivity index (χ0n) is 20.6. The molecule has 0 fully saturated rings. The van der Waals surface area contributed by atoms with Crippen molar-refractivity contribution in [3.05, 3.63) is 71.8 Å². The van der Waals surface area contributed by atoms with Gasteiger partial charge in [0.25, 0.3) is 5.91 Å². The first-order chi connectivity index (χ1) is 16.8. The van der Waals surface area contributed by atoms with E-state index in [1.807, 2.05) is 68.4 Å². The van der Waals surface area contributed by atoms with Crippen LogP contribution in [0.3, 0.4) is 0 Å². The molecule has 1 heterocycles. The molecule has 7 heteroatoms. The van der Waals surface area contributed by atoms with E-state index in [0.717, 1.165) is 22.0 Å². The summed E-state index contributed by atoms with van der Waals surface area (Å²) in [6, 6.07) is 18.0. The lowest BCUT2D eigenvalue weighted by Crippen LogP contribution is -2.51. The van der Waals surface area contributed by atoms with Crippen molar-refractivity contribution in [2.24, 2.45) is 5.92 Å². The Morgan fingerprint density at radius 2 is 1.74 bits per heavy atom. The minimum absolute atomic E-state index is 0.154. The summed E-state index contributed by atoms with van der Waals surface area (Å²) < 4.78 is 5.32. The molecular weight excluding hydrogens is 442 g/mol. The predicted octanol–water partition coefficient (Wildman–Crippen LogP) is 4.00. The molecule has 3 amide bonds. The van der Waals surface area contributed by atoms with Gasteiger partial charge in [-0.3, -0.25) is 19.3 Å².